The number of rotatable bonds is 6. The van der Waals surface area contributed by atoms with Crippen molar-refractivity contribution < 1.29 is 4.79 Å². The molecule has 0 spiro atoms. The number of hydrogen-bond donors (Lipinski definition) is 1. The Balaban J connectivity index is 2.00. The van der Waals surface area contributed by atoms with Gasteiger partial charge in [0.2, 0.25) is 0 Å². The number of carbonyl (C=O) groups excluding carboxylic acids is 1. The molecular formula is C22H23BClN3O. The van der Waals surface area contributed by atoms with Crippen LogP contribution in [0.5, 0.6) is 0 Å². The Labute approximate surface area is 172 Å². The molecule has 3 rings (SSSR count). The van der Waals surface area contributed by atoms with Gasteiger partial charge in [0.15, 0.2) is 0 Å². The van der Waals surface area contributed by atoms with E-state index in [1.54, 1.807) is 4.90 Å². The number of aromatic amines is 1. The molecule has 1 amide bonds. The molecule has 2 radical (unpaired) electrons. The SMILES string of the molecule is [B]c1ccc2c(C(=O)N(C)CCN(C)C)c(/C=C/c3ccc(Cl)cc3)[nH]c2c1. The molecule has 142 valence electrons. The fourth-order valence-corrected chi connectivity index (χ4v) is 3.11. The van der Waals surface area contributed by atoms with Gasteiger partial charge in [-0.2, -0.15) is 0 Å². The summed E-state index contributed by atoms with van der Waals surface area (Å²) in [7, 11) is 11.7. The Morgan fingerprint density at radius 1 is 1.07 bits per heavy atom. The predicted molar refractivity (Wildman–Crippen MR) is 120 cm³/mol. The zero-order chi connectivity index (χ0) is 20.3. The minimum atomic E-state index is -0.0198. The maximum atomic E-state index is 13.2. The second-order valence-electron chi connectivity index (χ2n) is 7.13. The van der Waals surface area contributed by atoms with E-state index >= 15 is 0 Å². The first kappa shape index (κ1) is 20.2. The number of carbonyl (C=O) groups is 1. The molecule has 1 heterocycles. The zero-order valence-corrected chi connectivity index (χ0v) is 17.1. The average molecular weight is 392 g/mol. The van der Waals surface area contributed by atoms with Crippen molar-refractivity contribution >= 4 is 53.9 Å². The standard InChI is InChI=1S/C22H23BClN3O/c1-26(2)12-13-27(3)22(28)21-18-10-7-16(23)14-20(18)25-19(21)11-6-15-4-8-17(24)9-5-15/h4-11,14,25H,12-13H2,1-3H3/b11-6+. The number of likely N-dealkylation sites (N-methyl/N-ethyl adjacent to an activating group) is 2. The highest BCUT2D eigenvalue weighted by molar-refractivity contribution is 6.33. The molecule has 0 aliphatic carbocycles. The lowest BCUT2D eigenvalue weighted by molar-refractivity contribution is 0.0788. The van der Waals surface area contributed by atoms with Crippen LogP contribution in [0.3, 0.4) is 0 Å². The number of benzene rings is 2. The molecule has 0 unspecified atom stereocenters. The molecule has 0 bridgehead atoms. The number of halogens is 1. The number of hydrogen-bond acceptors (Lipinski definition) is 2. The summed E-state index contributed by atoms with van der Waals surface area (Å²) in [6.45, 7) is 1.45. The minimum absolute atomic E-state index is 0.0198. The van der Waals surface area contributed by atoms with Gasteiger partial charge < -0.3 is 14.8 Å². The van der Waals surface area contributed by atoms with Gasteiger partial charge in [-0.05, 0) is 43.9 Å². The molecular weight excluding hydrogens is 369 g/mol. The second kappa shape index (κ2) is 8.67. The molecule has 1 aromatic heterocycles. The lowest BCUT2D eigenvalue weighted by atomic mass is 9.94. The van der Waals surface area contributed by atoms with E-state index in [1.165, 1.54) is 0 Å². The van der Waals surface area contributed by atoms with Crippen LogP contribution in [0.2, 0.25) is 5.02 Å². The number of nitrogens with zero attached hydrogens (tertiary/aromatic N) is 2. The van der Waals surface area contributed by atoms with E-state index in [0.29, 0.717) is 22.6 Å². The highest BCUT2D eigenvalue weighted by Crippen LogP contribution is 2.25. The molecule has 6 heteroatoms. The van der Waals surface area contributed by atoms with Gasteiger partial charge in [0.25, 0.3) is 5.91 Å². The van der Waals surface area contributed by atoms with Crippen molar-refractivity contribution in [3.63, 3.8) is 0 Å². The normalized spacial score (nSPS) is 11.6. The van der Waals surface area contributed by atoms with Crippen molar-refractivity contribution in [2.75, 3.05) is 34.2 Å². The van der Waals surface area contributed by atoms with Gasteiger partial charge in [-0.25, -0.2) is 0 Å². The number of aromatic nitrogens is 1. The Bertz CT molecular complexity index is 1010. The molecule has 1 N–H and O–H groups in total. The summed E-state index contributed by atoms with van der Waals surface area (Å²) in [6.07, 6.45) is 3.88. The average Bonchev–Trinajstić information content (AvgIpc) is 3.02. The van der Waals surface area contributed by atoms with Crippen LogP contribution < -0.4 is 5.46 Å². The monoisotopic (exact) mass is 391 g/mol. The molecule has 0 aliphatic rings. The molecule has 0 saturated heterocycles. The van der Waals surface area contributed by atoms with Crippen molar-refractivity contribution in [3.8, 4) is 0 Å². The number of fused-ring (bicyclic) bond motifs is 1. The van der Waals surface area contributed by atoms with Crippen LogP contribution in [0, 0.1) is 0 Å². The van der Waals surface area contributed by atoms with Crippen molar-refractivity contribution in [2.24, 2.45) is 0 Å². The Morgan fingerprint density at radius 2 is 1.79 bits per heavy atom. The first-order chi connectivity index (χ1) is 13.3. The van der Waals surface area contributed by atoms with Crippen molar-refractivity contribution in [1.29, 1.82) is 0 Å². The first-order valence-corrected chi connectivity index (χ1v) is 9.48. The summed E-state index contributed by atoms with van der Waals surface area (Å²) in [6, 6.07) is 13.1. The summed E-state index contributed by atoms with van der Waals surface area (Å²) < 4.78 is 0. The maximum absolute atomic E-state index is 13.2. The van der Waals surface area contributed by atoms with Gasteiger partial charge in [-0.15, -0.1) is 0 Å². The van der Waals surface area contributed by atoms with Crippen molar-refractivity contribution in [1.82, 2.24) is 14.8 Å². The Hall–Kier alpha value is -2.50. The van der Waals surface area contributed by atoms with E-state index in [1.807, 2.05) is 75.8 Å². The lowest BCUT2D eigenvalue weighted by Gasteiger charge is -2.20. The summed E-state index contributed by atoms with van der Waals surface area (Å²) in [5, 5.41) is 1.56. The van der Waals surface area contributed by atoms with Crippen LogP contribution in [0.1, 0.15) is 21.6 Å². The van der Waals surface area contributed by atoms with E-state index in [2.05, 4.69) is 9.88 Å². The van der Waals surface area contributed by atoms with Gasteiger partial charge in [0, 0.05) is 36.1 Å². The Morgan fingerprint density at radius 3 is 2.46 bits per heavy atom. The van der Waals surface area contributed by atoms with Gasteiger partial charge in [0.1, 0.15) is 7.85 Å². The van der Waals surface area contributed by atoms with Crippen molar-refractivity contribution in [2.45, 2.75) is 0 Å². The number of amides is 1. The maximum Gasteiger partial charge on any atom is 0.256 e. The lowest BCUT2D eigenvalue weighted by Crippen LogP contribution is -2.33. The topological polar surface area (TPSA) is 39.3 Å². The van der Waals surface area contributed by atoms with Crippen LogP contribution in [-0.2, 0) is 0 Å². The van der Waals surface area contributed by atoms with Gasteiger partial charge in [-0.1, -0.05) is 47.4 Å². The van der Waals surface area contributed by atoms with E-state index in [4.69, 9.17) is 19.4 Å². The zero-order valence-electron chi connectivity index (χ0n) is 16.4. The molecule has 28 heavy (non-hydrogen) atoms. The highest BCUT2D eigenvalue weighted by atomic mass is 35.5. The third-order valence-electron chi connectivity index (χ3n) is 4.61. The van der Waals surface area contributed by atoms with Crippen molar-refractivity contribution in [3.05, 3.63) is 64.3 Å². The summed E-state index contributed by atoms with van der Waals surface area (Å²) in [5.74, 6) is -0.0198. The summed E-state index contributed by atoms with van der Waals surface area (Å²) in [4.78, 5) is 20.3. The largest absolute Gasteiger partial charge is 0.354 e. The third-order valence-corrected chi connectivity index (χ3v) is 4.86. The molecule has 0 fully saturated rings. The van der Waals surface area contributed by atoms with Crippen LogP contribution >= 0.6 is 11.6 Å². The van der Waals surface area contributed by atoms with Crippen LogP contribution in [0.4, 0.5) is 0 Å². The van der Waals surface area contributed by atoms with E-state index in [0.717, 1.165) is 28.7 Å². The predicted octanol–water partition coefficient (Wildman–Crippen LogP) is 3.42. The highest BCUT2D eigenvalue weighted by Gasteiger charge is 2.20. The van der Waals surface area contributed by atoms with E-state index < -0.39 is 0 Å². The van der Waals surface area contributed by atoms with Crippen LogP contribution in [0.15, 0.2) is 42.5 Å². The van der Waals surface area contributed by atoms with Gasteiger partial charge in [0.05, 0.1) is 11.3 Å². The summed E-state index contributed by atoms with van der Waals surface area (Å²) >= 11 is 5.95. The van der Waals surface area contributed by atoms with E-state index in [9.17, 15) is 4.79 Å². The quantitative estimate of drug-likeness (QED) is 0.654. The Kier molecular flexibility index (Phi) is 6.27. The third kappa shape index (κ3) is 4.67. The first-order valence-electron chi connectivity index (χ1n) is 9.10. The molecule has 3 aromatic rings. The van der Waals surface area contributed by atoms with Crippen LogP contribution in [-0.4, -0.2) is 62.8 Å². The molecule has 0 aliphatic heterocycles. The van der Waals surface area contributed by atoms with Crippen LogP contribution in [0.25, 0.3) is 23.1 Å². The molecule has 2 aromatic carbocycles. The molecule has 0 saturated carbocycles. The van der Waals surface area contributed by atoms with Gasteiger partial charge >= 0.3 is 0 Å². The second-order valence-corrected chi connectivity index (χ2v) is 7.57. The van der Waals surface area contributed by atoms with Gasteiger partial charge in [-0.3, -0.25) is 4.79 Å². The smallest absolute Gasteiger partial charge is 0.256 e. The minimum Gasteiger partial charge on any atom is -0.354 e. The van der Waals surface area contributed by atoms with E-state index in [-0.39, 0.29) is 5.91 Å². The fourth-order valence-electron chi connectivity index (χ4n) is 2.99. The number of nitrogens with one attached hydrogen (secondary N) is 1. The molecule has 4 nitrogen and oxygen atoms in total. The number of H-pyrrole nitrogens is 1. The summed E-state index contributed by atoms with van der Waals surface area (Å²) in [5.41, 5.74) is 3.92. The molecule has 0 atom stereocenters. The fraction of sp³-hybridized carbons (Fsp3) is 0.227.